The standard InChI is InChI=1S/C14H15Cl2FN2O2/c1-7(8-5-11(17)10(16)6-9(8)15)18-12-3-4-13(20)19(2)14(12)21/h5-7,12,18H,3-4H2,1-2H3. The molecule has 7 heteroatoms. The lowest BCUT2D eigenvalue weighted by atomic mass is 10.0. The zero-order valence-corrected chi connectivity index (χ0v) is 13.1. The van der Waals surface area contributed by atoms with Crippen LogP contribution in [0.25, 0.3) is 0 Å². The van der Waals surface area contributed by atoms with E-state index in [-0.39, 0.29) is 22.9 Å². The van der Waals surface area contributed by atoms with Gasteiger partial charge in [-0.2, -0.15) is 0 Å². The molecule has 1 aliphatic heterocycles. The number of carbonyl (C=O) groups excluding carboxylic acids is 2. The Bertz CT molecular complexity index is 595. The van der Waals surface area contributed by atoms with Crippen molar-refractivity contribution < 1.29 is 14.0 Å². The Hall–Kier alpha value is -1.17. The van der Waals surface area contributed by atoms with Crippen molar-refractivity contribution in [2.75, 3.05) is 7.05 Å². The van der Waals surface area contributed by atoms with Gasteiger partial charge < -0.3 is 0 Å². The van der Waals surface area contributed by atoms with Gasteiger partial charge >= 0.3 is 0 Å². The summed E-state index contributed by atoms with van der Waals surface area (Å²) in [4.78, 5) is 24.6. The number of rotatable bonds is 3. The minimum absolute atomic E-state index is 0.0463. The quantitative estimate of drug-likeness (QED) is 0.683. The number of amides is 2. The molecule has 1 N–H and O–H groups in total. The molecule has 0 spiro atoms. The van der Waals surface area contributed by atoms with E-state index in [0.29, 0.717) is 23.4 Å². The lowest BCUT2D eigenvalue weighted by Gasteiger charge is -2.30. The smallest absolute Gasteiger partial charge is 0.246 e. The van der Waals surface area contributed by atoms with Crippen molar-refractivity contribution in [1.82, 2.24) is 10.2 Å². The SMILES string of the molecule is CC(NC1CCC(=O)N(C)C1=O)c1cc(F)c(Cl)cc1Cl. The van der Waals surface area contributed by atoms with E-state index in [1.54, 1.807) is 6.92 Å². The van der Waals surface area contributed by atoms with E-state index >= 15 is 0 Å². The molecule has 1 aliphatic rings. The van der Waals surface area contributed by atoms with Gasteiger partial charge in [0.2, 0.25) is 11.8 Å². The van der Waals surface area contributed by atoms with E-state index in [4.69, 9.17) is 23.2 Å². The van der Waals surface area contributed by atoms with Crippen LogP contribution in [0.15, 0.2) is 12.1 Å². The van der Waals surface area contributed by atoms with Gasteiger partial charge in [0.05, 0.1) is 11.1 Å². The fourth-order valence-electron chi connectivity index (χ4n) is 2.33. The van der Waals surface area contributed by atoms with Crippen molar-refractivity contribution >= 4 is 35.0 Å². The second-order valence-corrected chi connectivity index (χ2v) is 5.87. The summed E-state index contributed by atoms with van der Waals surface area (Å²) in [6.45, 7) is 1.78. The first-order chi connectivity index (χ1) is 9.81. The Morgan fingerprint density at radius 3 is 2.67 bits per heavy atom. The van der Waals surface area contributed by atoms with Gasteiger partial charge in [-0.15, -0.1) is 0 Å². The fraction of sp³-hybridized carbons (Fsp3) is 0.429. The summed E-state index contributed by atoms with van der Waals surface area (Å²) in [7, 11) is 1.46. The third-order valence-electron chi connectivity index (χ3n) is 3.61. The molecule has 0 aliphatic carbocycles. The Morgan fingerprint density at radius 2 is 2.00 bits per heavy atom. The van der Waals surface area contributed by atoms with Crippen LogP contribution < -0.4 is 5.32 Å². The number of nitrogens with zero attached hydrogens (tertiary/aromatic N) is 1. The van der Waals surface area contributed by atoms with Crippen LogP contribution in [0.1, 0.15) is 31.4 Å². The number of likely N-dealkylation sites (N-methyl/N-ethyl adjacent to an activating group) is 1. The van der Waals surface area contributed by atoms with Crippen molar-refractivity contribution in [3.8, 4) is 0 Å². The zero-order valence-electron chi connectivity index (χ0n) is 11.6. The first-order valence-corrected chi connectivity index (χ1v) is 7.27. The largest absolute Gasteiger partial charge is 0.299 e. The number of halogens is 3. The molecule has 0 saturated carbocycles. The number of hydrogen-bond acceptors (Lipinski definition) is 3. The lowest BCUT2D eigenvalue weighted by Crippen LogP contribution is -2.51. The summed E-state index contributed by atoms with van der Waals surface area (Å²) in [6.07, 6.45) is 0.718. The van der Waals surface area contributed by atoms with Crippen LogP contribution >= 0.6 is 23.2 Å². The monoisotopic (exact) mass is 332 g/mol. The number of benzene rings is 1. The van der Waals surface area contributed by atoms with Gasteiger partial charge in [0, 0.05) is 24.5 Å². The molecule has 1 aromatic rings. The molecule has 1 fully saturated rings. The maximum atomic E-state index is 13.5. The zero-order chi connectivity index (χ0) is 15.7. The van der Waals surface area contributed by atoms with Gasteiger partial charge in [0.25, 0.3) is 0 Å². The molecule has 2 unspecified atom stereocenters. The van der Waals surface area contributed by atoms with Crippen LogP contribution in [0.5, 0.6) is 0 Å². The Kier molecular flexibility index (Phi) is 4.86. The van der Waals surface area contributed by atoms with Crippen LogP contribution in [0.4, 0.5) is 4.39 Å². The molecule has 21 heavy (non-hydrogen) atoms. The predicted octanol–water partition coefficient (Wildman–Crippen LogP) is 2.93. The number of likely N-dealkylation sites (tertiary alicyclic amines) is 1. The second kappa shape index (κ2) is 6.30. The number of imide groups is 1. The van der Waals surface area contributed by atoms with E-state index in [0.717, 1.165) is 4.90 Å². The highest BCUT2D eigenvalue weighted by Crippen LogP contribution is 2.29. The van der Waals surface area contributed by atoms with Gasteiger partial charge in [-0.25, -0.2) is 4.39 Å². The Labute approximate surface area is 132 Å². The third kappa shape index (κ3) is 3.36. The molecule has 4 nitrogen and oxygen atoms in total. The fourth-order valence-corrected chi connectivity index (χ4v) is 2.88. The van der Waals surface area contributed by atoms with Crippen LogP contribution in [0.2, 0.25) is 10.0 Å². The van der Waals surface area contributed by atoms with E-state index in [9.17, 15) is 14.0 Å². The Morgan fingerprint density at radius 1 is 1.33 bits per heavy atom. The summed E-state index contributed by atoms with van der Waals surface area (Å²) in [5.74, 6) is -1.04. The Balaban J connectivity index is 2.15. The van der Waals surface area contributed by atoms with Crippen LogP contribution in [-0.4, -0.2) is 29.8 Å². The number of hydrogen-bond donors (Lipinski definition) is 1. The topological polar surface area (TPSA) is 49.4 Å². The molecular formula is C14H15Cl2FN2O2. The molecule has 0 aromatic heterocycles. The van der Waals surface area contributed by atoms with Gasteiger partial charge in [0.15, 0.2) is 0 Å². The van der Waals surface area contributed by atoms with Crippen molar-refractivity contribution in [3.05, 3.63) is 33.6 Å². The average Bonchev–Trinajstić information content (AvgIpc) is 2.43. The molecule has 2 rings (SSSR count). The number of piperidine rings is 1. The summed E-state index contributed by atoms with van der Waals surface area (Å²) < 4.78 is 13.5. The second-order valence-electron chi connectivity index (χ2n) is 5.06. The van der Waals surface area contributed by atoms with E-state index in [2.05, 4.69) is 5.32 Å². The molecule has 1 heterocycles. The molecular weight excluding hydrogens is 318 g/mol. The predicted molar refractivity (Wildman–Crippen MR) is 78.8 cm³/mol. The summed E-state index contributed by atoms with van der Waals surface area (Å²) in [5.41, 5.74) is 0.519. The maximum absolute atomic E-state index is 13.5. The average molecular weight is 333 g/mol. The van der Waals surface area contributed by atoms with Crippen molar-refractivity contribution in [1.29, 1.82) is 0 Å². The number of carbonyl (C=O) groups is 2. The highest BCUT2D eigenvalue weighted by Gasteiger charge is 2.32. The first kappa shape index (κ1) is 16.2. The molecule has 1 saturated heterocycles. The normalized spacial score (nSPS) is 20.8. The molecule has 114 valence electrons. The van der Waals surface area contributed by atoms with Crippen molar-refractivity contribution in [2.45, 2.75) is 31.8 Å². The third-order valence-corrected chi connectivity index (χ3v) is 4.22. The summed E-state index contributed by atoms with van der Waals surface area (Å²) in [6, 6.07) is 1.76. The van der Waals surface area contributed by atoms with Crippen LogP contribution in [-0.2, 0) is 9.59 Å². The van der Waals surface area contributed by atoms with Crippen molar-refractivity contribution in [3.63, 3.8) is 0 Å². The van der Waals surface area contributed by atoms with E-state index < -0.39 is 11.9 Å². The molecule has 0 radical (unpaired) electrons. The van der Waals surface area contributed by atoms with Crippen molar-refractivity contribution in [2.24, 2.45) is 0 Å². The maximum Gasteiger partial charge on any atom is 0.246 e. The van der Waals surface area contributed by atoms with Gasteiger partial charge in [-0.05, 0) is 31.0 Å². The highest BCUT2D eigenvalue weighted by atomic mass is 35.5. The van der Waals surface area contributed by atoms with Gasteiger partial charge in [-0.1, -0.05) is 23.2 Å². The number of nitrogens with one attached hydrogen (secondary N) is 1. The highest BCUT2D eigenvalue weighted by molar-refractivity contribution is 6.35. The minimum Gasteiger partial charge on any atom is -0.299 e. The summed E-state index contributed by atoms with van der Waals surface area (Å²) in [5, 5.41) is 3.37. The molecule has 1 aromatic carbocycles. The van der Waals surface area contributed by atoms with Gasteiger partial charge in [-0.3, -0.25) is 19.8 Å². The summed E-state index contributed by atoms with van der Waals surface area (Å²) >= 11 is 11.7. The first-order valence-electron chi connectivity index (χ1n) is 6.52. The molecule has 0 bridgehead atoms. The van der Waals surface area contributed by atoms with E-state index in [1.807, 2.05) is 0 Å². The molecule has 2 atom stereocenters. The van der Waals surface area contributed by atoms with Crippen LogP contribution in [0, 0.1) is 5.82 Å². The molecule has 2 amide bonds. The van der Waals surface area contributed by atoms with Gasteiger partial charge in [0.1, 0.15) is 5.82 Å². The van der Waals surface area contributed by atoms with Crippen LogP contribution in [0.3, 0.4) is 0 Å². The minimum atomic E-state index is -0.563. The van der Waals surface area contributed by atoms with E-state index in [1.165, 1.54) is 19.2 Å². The lowest BCUT2D eigenvalue weighted by molar-refractivity contribution is -0.148.